The van der Waals surface area contributed by atoms with Crippen molar-refractivity contribution in [3.8, 4) is 5.75 Å². The highest BCUT2D eigenvalue weighted by molar-refractivity contribution is 7.09. The van der Waals surface area contributed by atoms with E-state index in [0.717, 1.165) is 22.0 Å². The van der Waals surface area contributed by atoms with Gasteiger partial charge >= 0.3 is 6.03 Å². The van der Waals surface area contributed by atoms with Gasteiger partial charge in [-0.15, -0.1) is 11.3 Å². The number of aromatic nitrogens is 1. The van der Waals surface area contributed by atoms with Crippen molar-refractivity contribution in [2.24, 2.45) is 0 Å². The lowest BCUT2D eigenvalue weighted by Gasteiger charge is -2.16. The summed E-state index contributed by atoms with van der Waals surface area (Å²) in [7, 11) is 0. The molecule has 1 unspecified atom stereocenters. The fourth-order valence-electron chi connectivity index (χ4n) is 1.92. The molecule has 0 aliphatic rings. The number of hydrogen-bond donors (Lipinski definition) is 2. The molecule has 2 amide bonds. The van der Waals surface area contributed by atoms with E-state index in [-0.39, 0.29) is 12.1 Å². The number of carbonyl (C=O) groups is 1. The second-order valence-electron chi connectivity index (χ2n) is 5.17. The number of aryl methyl sites for hydroxylation is 2. The third kappa shape index (κ3) is 5.37. The Labute approximate surface area is 134 Å². The molecule has 5 nitrogen and oxygen atoms in total. The van der Waals surface area contributed by atoms with E-state index in [2.05, 4.69) is 15.6 Å². The minimum absolute atomic E-state index is 0.103. The van der Waals surface area contributed by atoms with Gasteiger partial charge in [0, 0.05) is 5.38 Å². The van der Waals surface area contributed by atoms with Gasteiger partial charge in [-0.1, -0.05) is 12.1 Å². The SMILES string of the molecule is Cc1cccc(OC(C)CNC(=O)NCc2csc(C)n2)c1. The maximum atomic E-state index is 11.7. The van der Waals surface area contributed by atoms with Crippen LogP contribution in [0.1, 0.15) is 23.2 Å². The number of hydrogen-bond acceptors (Lipinski definition) is 4. The van der Waals surface area contributed by atoms with Crippen LogP contribution in [0.15, 0.2) is 29.6 Å². The predicted octanol–water partition coefficient (Wildman–Crippen LogP) is 3.03. The van der Waals surface area contributed by atoms with Gasteiger partial charge in [-0.3, -0.25) is 0 Å². The maximum Gasteiger partial charge on any atom is 0.315 e. The van der Waals surface area contributed by atoms with E-state index in [4.69, 9.17) is 4.74 Å². The molecule has 1 heterocycles. The van der Waals surface area contributed by atoms with Crippen molar-refractivity contribution in [1.82, 2.24) is 15.6 Å². The predicted molar refractivity (Wildman–Crippen MR) is 88.4 cm³/mol. The molecule has 0 fully saturated rings. The number of amides is 2. The van der Waals surface area contributed by atoms with Gasteiger partial charge in [0.05, 0.1) is 23.8 Å². The van der Waals surface area contributed by atoms with E-state index in [1.807, 2.05) is 50.4 Å². The van der Waals surface area contributed by atoms with E-state index in [0.29, 0.717) is 13.1 Å². The number of thiazole rings is 1. The van der Waals surface area contributed by atoms with Crippen molar-refractivity contribution in [2.75, 3.05) is 6.54 Å². The fourth-order valence-corrected chi connectivity index (χ4v) is 2.53. The lowest BCUT2D eigenvalue weighted by molar-refractivity contribution is 0.207. The summed E-state index contributed by atoms with van der Waals surface area (Å²) in [5.74, 6) is 0.813. The standard InChI is InChI=1S/C16H21N3O2S/c1-11-5-4-6-15(7-11)21-12(2)8-17-16(20)18-9-14-10-22-13(3)19-14/h4-7,10,12H,8-9H2,1-3H3,(H2,17,18,20). The molecule has 2 N–H and O–H groups in total. The molecule has 0 saturated heterocycles. The zero-order valence-electron chi connectivity index (χ0n) is 13.1. The van der Waals surface area contributed by atoms with E-state index in [1.54, 1.807) is 11.3 Å². The summed E-state index contributed by atoms with van der Waals surface area (Å²) < 4.78 is 5.76. The van der Waals surface area contributed by atoms with Crippen LogP contribution in [0.5, 0.6) is 5.75 Å². The number of ether oxygens (including phenoxy) is 1. The van der Waals surface area contributed by atoms with Crippen molar-refractivity contribution < 1.29 is 9.53 Å². The molecule has 0 spiro atoms. The average molecular weight is 319 g/mol. The molecule has 2 rings (SSSR count). The summed E-state index contributed by atoms with van der Waals surface area (Å²) in [6, 6.07) is 7.64. The first kappa shape index (κ1) is 16.3. The van der Waals surface area contributed by atoms with E-state index in [1.165, 1.54) is 0 Å². The van der Waals surface area contributed by atoms with Gasteiger partial charge in [0.2, 0.25) is 0 Å². The monoisotopic (exact) mass is 319 g/mol. The first-order chi connectivity index (χ1) is 10.5. The third-order valence-corrected chi connectivity index (χ3v) is 3.80. The highest BCUT2D eigenvalue weighted by Crippen LogP contribution is 2.13. The third-order valence-electron chi connectivity index (χ3n) is 2.97. The Morgan fingerprint density at radius 3 is 2.86 bits per heavy atom. The molecule has 6 heteroatoms. The van der Waals surface area contributed by atoms with Crippen LogP contribution in [0, 0.1) is 13.8 Å². The molecule has 0 aliphatic carbocycles. The first-order valence-corrected chi connectivity index (χ1v) is 8.07. The number of rotatable bonds is 6. The van der Waals surface area contributed by atoms with Crippen LogP contribution in [0.3, 0.4) is 0 Å². The molecule has 1 aromatic heterocycles. The Bertz CT molecular complexity index is 627. The number of nitrogens with one attached hydrogen (secondary N) is 2. The van der Waals surface area contributed by atoms with Crippen LogP contribution in [0.4, 0.5) is 4.79 Å². The molecule has 2 aromatic rings. The zero-order chi connectivity index (χ0) is 15.9. The smallest absolute Gasteiger partial charge is 0.315 e. The Morgan fingerprint density at radius 2 is 2.18 bits per heavy atom. The van der Waals surface area contributed by atoms with Crippen LogP contribution < -0.4 is 15.4 Å². The van der Waals surface area contributed by atoms with Crippen molar-refractivity contribution in [3.05, 3.63) is 45.9 Å². The summed E-state index contributed by atoms with van der Waals surface area (Å²) in [5, 5.41) is 8.52. The summed E-state index contributed by atoms with van der Waals surface area (Å²) >= 11 is 1.57. The summed E-state index contributed by atoms with van der Waals surface area (Å²) in [6.45, 7) is 6.76. The summed E-state index contributed by atoms with van der Waals surface area (Å²) in [4.78, 5) is 16.0. The zero-order valence-corrected chi connectivity index (χ0v) is 13.9. The molecule has 22 heavy (non-hydrogen) atoms. The van der Waals surface area contributed by atoms with Crippen molar-refractivity contribution in [3.63, 3.8) is 0 Å². The minimum atomic E-state index is -0.217. The Hall–Kier alpha value is -2.08. The molecule has 118 valence electrons. The van der Waals surface area contributed by atoms with Crippen LogP contribution in [-0.2, 0) is 6.54 Å². The second kappa shape index (κ2) is 7.79. The molecule has 0 radical (unpaired) electrons. The molecule has 1 atom stereocenters. The van der Waals surface area contributed by atoms with Gasteiger partial charge in [-0.05, 0) is 38.5 Å². The summed E-state index contributed by atoms with van der Waals surface area (Å²) in [6.07, 6.45) is -0.103. The number of benzene rings is 1. The van der Waals surface area contributed by atoms with Crippen LogP contribution in [0.25, 0.3) is 0 Å². The van der Waals surface area contributed by atoms with Crippen LogP contribution in [-0.4, -0.2) is 23.7 Å². The highest BCUT2D eigenvalue weighted by Gasteiger charge is 2.07. The maximum absolute atomic E-state index is 11.7. The van der Waals surface area contributed by atoms with E-state index < -0.39 is 0 Å². The van der Waals surface area contributed by atoms with Gasteiger partial charge < -0.3 is 15.4 Å². The summed E-state index contributed by atoms with van der Waals surface area (Å²) in [5.41, 5.74) is 2.02. The number of nitrogens with zero attached hydrogens (tertiary/aromatic N) is 1. The second-order valence-corrected chi connectivity index (χ2v) is 6.23. The lowest BCUT2D eigenvalue weighted by Crippen LogP contribution is -2.40. The molecule has 0 saturated carbocycles. The molecule has 0 aliphatic heterocycles. The van der Waals surface area contributed by atoms with Crippen LogP contribution >= 0.6 is 11.3 Å². The molecular weight excluding hydrogens is 298 g/mol. The van der Waals surface area contributed by atoms with Crippen LogP contribution in [0.2, 0.25) is 0 Å². The number of carbonyl (C=O) groups excluding carboxylic acids is 1. The minimum Gasteiger partial charge on any atom is -0.489 e. The van der Waals surface area contributed by atoms with Crippen molar-refractivity contribution >= 4 is 17.4 Å². The quantitative estimate of drug-likeness (QED) is 0.860. The molecule has 1 aromatic carbocycles. The van der Waals surface area contributed by atoms with Gasteiger partial charge in [0.1, 0.15) is 11.9 Å². The Balaban J connectivity index is 1.69. The highest BCUT2D eigenvalue weighted by atomic mass is 32.1. The fraction of sp³-hybridized carbons (Fsp3) is 0.375. The first-order valence-electron chi connectivity index (χ1n) is 7.19. The van der Waals surface area contributed by atoms with Gasteiger partial charge in [-0.2, -0.15) is 0 Å². The van der Waals surface area contributed by atoms with E-state index in [9.17, 15) is 4.79 Å². The van der Waals surface area contributed by atoms with Crippen molar-refractivity contribution in [1.29, 1.82) is 0 Å². The van der Waals surface area contributed by atoms with Gasteiger partial charge in [0.15, 0.2) is 0 Å². The topological polar surface area (TPSA) is 63.2 Å². The lowest BCUT2D eigenvalue weighted by atomic mass is 10.2. The van der Waals surface area contributed by atoms with Gasteiger partial charge in [-0.25, -0.2) is 9.78 Å². The number of urea groups is 1. The molecule has 0 bridgehead atoms. The van der Waals surface area contributed by atoms with Gasteiger partial charge in [0.25, 0.3) is 0 Å². The van der Waals surface area contributed by atoms with Crippen molar-refractivity contribution in [2.45, 2.75) is 33.4 Å². The Morgan fingerprint density at radius 1 is 1.36 bits per heavy atom. The van der Waals surface area contributed by atoms with E-state index >= 15 is 0 Å². The normalized spacial score (nSPS) is 11.8. The largest absolute Gasteiger partial charge is 0.489 e. The Kier molecular flexibility index (Phi) is 5.77. The molecular formula is C16H21N3O2S. The average Bonchev–Trinajstić information content (AvgIpc) is 2.89.